The van der Waals surface area contributed by atoms with Crippen LogP contribution in [0.25, 0.3) is 11.3 Å². The third kappa shape index (κ3) is 5.44. The summed E-state index contributed by atoms with van der Waals surface area (Å²) in [4.78, 5) is 16.5. The fraction of sp³-hybridized carbons (Fsp3) is 0.292. The normalized spacial score (nSPS) is 14.0. The summed E-state index contributed by atoms with van der Waals surface area (Å²) in [5.41, 5.74) is 4.07. The summed E-state index contributed by atoms with van der Waals surface area (Å²) in [5.74, 6) is 0.645. The molecular formula is C24H26FN5O. The Morgan fingerprint density at radius 1 is 0.935 bits per heavy atom. The number of nitrogens with zero attached hydrogens (tertiary/aromatic N) is 4. The van der Waals surface area contributed by atoms with Crippen molar-refractivity contribution in [2.24, 2.45) is 0 Å². The van der Waals surface area contributed by atoms with Crippen LogP contribution in [0.2, 0.25) is 0 Å². The number of nitrogens with one attached hydrogen (secondary N) is 1. The average Bonchev–Trinajstić information content (AvgIpc) is 2.81. The van der Waals surface area contributed by atoms with Crippen molar-refractivity contribution in [3.8, 4) is 11.3 Å². The number of hydrogen-bond acceptors (Lipinski definition) is 5. The van der Waals surface area contributed by atoms with Crippen LogP contribution >= 0.6 is 0 Å². The molecule has 1 aliphatic rings. The lowest BCUT2D eigenvalue weighted by Crippen LogP contribution is -2.51. The number of carbonyl (C=O) groups is 1. The number of halogens is 1. The molecule has 0 unspecified atom stereocenters. The van der Waals surface area contributed by atoms with Gasteiger partial charge in [-0.15, -0.1) is 10.2 Å². The van der Waals surface area contributed by atoms with Crippen LogP contribution in [0.5, 0.6) is 0 Å². The maximum Gasteiger partial charge on any atom is 0.236 e. The second-order valence-electron chi connectivity index (χ2n) is 7.74. The minimum absolute atomic E-state index is 0.0718. The highest BCUT2D eigenvalue weighted by Crippen LogP contribution is 2.20. The molecule has 0 bridgehead atoms. The minimum Gasteiger partial charge on any atom is -0.352 e. The van der Waals surface area contributed by atoms with E-state index in [0.29, 0.717) is 19.6 Å². The van der Waals surface area contributed by atoms with Gasteiger partial charge in [-0.25, -0.2) is 4.39 Å². The number of carbonyl (C=O) groups excluding carboxylic acids is 1. The summed E-state index contributed by atoms with van der Waals surface area (Å²) in [6, 6.07) is 18.5. The quantitative estimate of drug-likeness (QED) is 0.666. The molecule has 6 nitrogen and oxygen atoms in total. The summed E-state index contributed by atoms with van der Waals surface area (Å²) in [7, 11) is 0. The number of piperazine rings is 1. The first kappa shape index (κ1) is 20.9. The van der Waals surface area contributed by atoms with Gasteiger partial charge in [-0.3, -0.25) is 4.79 Å². The molecule has 1 N–H and O–H groups in total. The zero-order valence-electron chi connectivity index (χ0n) is 17.6. The van der Waals surface area contributed by atoms with E-state index in [1.54, 1.807) is 12.1 Å². The molecule has 3 aromatic rings. The van der Waals surface area contributed by atoms with E-state index in [4.69, 9.17) is 0 Å². The lowest BCUT2D eigenvalue weighted by atomic mass is 10.1. The number of hydrogen-bond donors (Lipinski definition) is 1. The molecule has 2 aromatic carbocycles. The number of benzene rings is 2. The molecular weight excluding hydrogens is 393 g/mol. The summed E-state index contributed by atoms with van der Waals surface area (Å²) in [6.45, 7) is 5.61. The summed E-state index contributed by atoms with van der Waals surface area (Å²) >= 11 is 0. The highest BCUT2D eigenvalue weighted by molar-refractivity contribution is 5.78. The van der Waals surface area contributed by atoms with Gasteiger partial charge in [-0.1, -0.05) is 42.0 Å². The fourth-order valence-electron chi connectivity index (χ4n) is 3.58. The number of anilines is 1. The maximum absolute atomic E-state index is 13.0. The second-order valence-corrected chi connectivity index (χ2v) is 7.74. The molecule has 1 aliphatic heterocycles. The zero-order valence-corrected chi connectivity index (χ0v) is 17.6. The van der Waals surface area contributed by atoms with Crippen LogP contribution in [0.1, 0.15) is 11.1 Å². The third-order valence-electron chi connectivity index (χ3n) is 5.47. The summed E-state index contributed by atoms with van der Waals surface area (Å²) in [6.07, 6.45) is 0. The first-order valence-electron chi connectivity index (χ1n) is 10.5. The van der Waals surface area contributed by atoms with E-state index >= 15 is 0 Å². The van der Waals surface area contributed by atoms with Gasteiger partial charge in [0.1, 0.15) is 5.82 Å². The van der Waals surface area contributed by atoms with Crippen LogP contribution in [0.3, 0.4) is 0 Å². The van der Waals surface area contributed by atoms with Crippen molar-refractivity contribution in [1.29, 1.82) is 0 Å². The van der Waals surface area contributed by atoms with Gasteiger partial charge in [0.05, 0.1) is 12.2 Å². The van der Waals surface area contributed by atoms with E-state index < -0.39 is 0 Å². The Morgan fingerprint density at radius 3 is 2.29 bits per heavy atom. The van der Waals surface area contributed by atoms with Crippen molar-refractivity contribution in [2.75, 3.05) is 37.6 Å². The Bertz CT molecular complexity index is 998. The highest BCUT2D eigenvalue weighted by Gasteiger charge is 2.21. The molecule has 0 spiro atoms. The van der Waals surface area contributed by atoms with Crippen molar-refractivity contribution in [2.45, 2.75) is 13.5 Å². The van der Waals surface area contributed by atoms with Crippen LogP contribution in [-0.2, 0) is 11.3 Å². The Balaban J connectivity index is 1.24. The van der Waals surface area contributed by atoms with Crippen LogP contribution in [0.4, 0.5) is 10.2 Å². The molecule has 1 amide bonds. The Morgan fingerprint density at radius 2 is 1.65 bits per heavy atom. The fourth-order valence-corrected chi connectivity index (χ4v) is 3.58. The van der Waals surface area contributed by atoms with Gasteiger partial charge < -0.3 is 15.1 Å². The largest absolute Gasteiger partial charge is 0.352 e. The zero-order chi connectivity index (χ0) is 21.6. The molecule has 1 aromatic heterocycles. The van der Waals surface area contributed by atoms with Crippen molar-refractivity contribution >= 4 is 11.7 Å². The number of rotatable bonds is 6. The van der Waals surface area contributed by atoms with Crippen molar-refractivity contribution in [3.05, 3.63) is 77.6 Å². The predicted molar refractivity (Wildman–Crippen MR) is 119 cm³/mol. The average molecular weight is 420 g/mol. The molecule has 1 fully saturated rings. The van der Waals surface area contributed by atoms with Crippen LogP contribution in [0, 0.1) is 12.7 Å². The minimum atomic E-state index is -0.257. The second kappa shape index (κ2) is 9.66. The lowest BCUT2D eigenvalue weighted by Gasteiger charge is -2.35. The van der Waals surface area contributed by atoms with Crippen LogP contribution < -0.4 is 10.2 Å². The Kier molecular flexibility index (Phi) is 6.52. The van der Waals surface area contributed by atoms with Gasteiger partial charge in [-0.05, 0) is 36.8 Å². The monoisotopic (exact) mass is 419 g/mol. The number of amides is 1. The van der Waals surface area contributed by atoms with Crippen molar-refractivity contribution in [3.63, 3.8) is 0 Å². The van der Waals surface area contributed by atoms with Gasteiger partial charge in [0.2, 0.25) is 5.91 Å². The molecule has 0 atom stereocenters. The summed E-state index contributed by atoms with van der Waals surface area (Å²) in [5, 5.41) is 11.9. The molecule has 0 aliphatic carbocycles. The van der Waals surface area contributed by atoms with Gasteiger partial charge in [-0.2, -0.15) is 0 Å². The van der Waals surface area contributed by atoms with E-state index in [-0.39, 0.29) is 18.3 Å². The summed E-state index contributed by atoms with van der Waals surface area (Å²) < 4.78 is 13.0. The topological polar surface area (TPSA) is 61.4 Å². The molecule has 7 heteroatoms. The van der Waals surface area contributed by atoms with Crippen LogP contribution in [0.15, 0.2) is 60.7 Å². The van der Waals surface area contributed by atoms with Crippen molar-refractivity contribution < 1.29 is 9.18 Å². The van der Waals surface area contributed by atoms with E-state index in [1.165, 1.54) is 17.7 Å². The molecule has 31 heavy (non-hydrogen) atoms. The first-order valence-corrected chi connectivity index (χ1v) is 10.5. The van der Waals surface area contributed by atoms with E-state index in [2.05, 4.69) is 39.5 Å². The van der Waals surface area contributed by atoms with Gasteiger partial charge in [0.25, 0.3) is 0 Å². The number of aryl methyl sites for hydroxylation is 1. The molecule has 160 valence electrons. The SMILES string of the molecule is Cc1ccc(-c2ccc(N3CCN(C(=O)CNCc4ccc(F)cc4)CC3)nn2)cc1. The van der Waals surface area contributed by atoms with Crippen LogP contribution in [-0.4, -0.2) is 53.7 Å². The molecule has 0 saturated carbocycles. The highest BCUT2D eigenvalue weighted by atomic mass is 19.1. The standard InChI is InChI=1S/C24H26FN5O/c1-18-2-6-20(7-3-18)22-10-11-23(28-27-22)29-12-14-30(15-13-29)24(31)17-26-16-19-4-8-21(25)9-5-19/h2-11,26H,12-17H2,1H3. The third-order valence-corrected chi connectivity index (χ3v) is 5.47. The molecule has 0 radical (unpaired) electrons. The smallest absolute Gasteiger partial charge is 0.236 e. The number of aromatic nitrogens is 2. The van der Waals surface area contributed by atoms with Gasteiger partial charge in [0, 0.05) is 38.3 Å². The van der Waals surface area contributed by atoms with E-state index in [9.17, 15) is 9.18 Å². The lowest BCUT2D eigenvalue weighted by molar-refractivity contribution is -0.130. The molecule has 4 rings (SSSR count). The van der Waals surface area contributed by atoms with Gasteiger partial charge >= 0.3 is 0 Å². The molecule has 1 saturated heterocycles. The first-order chi connectivity index (χ1) is 15.1. The van der Waals surface area contributed by atoms with E-state index in [0.717, 1.165) is 35.7 Å². The Hall–Kier alpha value is -3.32. The maximum atomic E-state index is 13.0. The molecule has 2 heterocycles. The van der Waals surface area contributed by atoms with E-state index in [1.807, 2.05) is 29.2 Å². The van der Waals surface area contributed by atoms with Gasteiger partial charge in [0.15, 0.2) is 5.82 Å². The predicted octanol–water partition coefficient (Wildman–Crippen LogP) is 3.03. The van der Waals surface area contributed by atoms with Crippen molar-refractivity contribution in [1.82, 2.24) is 20.4 Å². The Labute approximate surface area is 181 Å².